The van der Waals surface area contributed by atoms with Gasteiger partial charge in [0.25, 0.3) is 5.89 Å². The molecule has 1 aliphatic rings. The van der Waals surface area contributed by atoms with Gasteiger partial charge in [-0.25, -0.2) is 0 Å². The lowest BCUT2D eigenvalue weighted by molar-refractivity contribution is -0.116. The van der Waals surface area contributed by atoms with Crippen molar-refractivity contribution in [3.05, 3.63) is 18.2 Å². The largest absolute Gasteiger partial charge is 0.496 e. The quantitative estimate of drug-likeness (QED) is 0.544. The number of rotatable bonds is 10. The number of aromatic nitrogens is 2. The van der Waals surface area contributed by atoms with Crippen LogP contribution in [0, 0.1) is 0 Å². The summed E-state index contributed by atoms with van der Waals surface area (Å²) in [4.78, 5) is 14.2. The number of anilines is 2. The molecule has 0 spiro atoms. The molecule has 9 nitrogen and oxygen atoms in total. The highest BCUT2D eigenvalue weighted by molar-refractivity contribution is 5.91. The molecule has 30 heavy (non-hydrogen) atoms. The van der Waals surface area contributed by atoms with Gasteiger partial charge in [0.2, 0.25) is 5.91 Å². The van der Waals surface area contributed by atoms with Crippen molar-refractivity contribution in [3.63, 3.8) is 0 Å². The van der Waals surface area contributed by atoms with E-state index in [1.165, 1.54) is 0 Å². The third-order valence-electron chi connectivity index (χ3n) is 4.65. The average molecular weight is 440 g/mol. The fraction of sp³-hybridized carbons (Fsp3) is 0.550. The highest BCUT2D eigenvalue weighted by Crippen LogP contribution is 2.32. The summed E-state index contributed by atoms with van der Waals surface area (Å²) in [6.07, 6.45) is 2.26. The number of nitrogens with zero attached hydrogens (tertiary/aromatic N) is 3. The fourth-order valence-electron chi connectivity index (χ4n) is 3.12. The van der Waals surface area contributed by atoms with Crippen LogP contribution in [0.2, 0.25) is 0 Å². The van der Waals surface area contributed by atoms with Gasteiger partial charge in [-0.15, -0.1) is 17.5 Å². The number of carbonyl (C=O) groups is 1. The SMILES string of the molecule is CCCC(=O)Nc1ccc(-c2nnc(NCCCN3CCOCC3)o2)c(OC)c1.Cl. The summed E-state index contributed by atoms with van der Waals surface area (Å²) in [6.45, 7) is 7.31. The number of methoxy groups -OCH3 is 1. The Bertz CT molecular complexity index is 795. The molecule has 0 aliphatic carbocycles. The van der Waals surface area contributed by atoms with Crippen LogP contribution in [0.5, 0.6) is 5.75 Å². The maximum atomic E-state index is 11.8. The second kappa shape index (κ2) is 12.4. The molecule has 0 unspecified atom stereocenters. The molecule has 1 aromatic heterocycles. The van der Waals surface area contributed by atoms with E-state index in [2.05, 4.69) is 25.7 Å². The molecule has 1 amide bonds. The first-order valence-electron chi connectivity index (χ1n) is 10.1. The van der Waals surface area contributed by atoms with Crippen LogP contribution in [-0.4, -0.2) is 67.5 Å². The number of hydrogen-bond donors (Lipinski definition) is 2. The molecule has 1 aromatic carbocycles. The lowest BCUT2D eigenvalue weighted by Crippen LogP contribution is -2.37. The Morgan fingerprint density at radius 1 is 1.27 bits per heavy atom. The van der Waals surface area contributed by atoms with Crippen molar-refractivity contribution in [1.29, 1.82) is 0 Å². The van der Waals surface area contributed by atoms with E-state index in [-0.39, 0.29) is 18.3 Å². The number of morpholine rings is 1. The summed E-state index contributed by atoms with van der Waals surface area (Å²) >= 11 is 0. The zero-order valence-electron chi connectivity index (χ0n) is 17.5. The Morgan fingerprint density at radius 2 is 2.07 bits per heavy atom. The van der Waals surface area contributed by atoms with E-state index in [0.29, 0.717) is 35.3 Å². The Morgan fingerprint density at radius 3 is 2.80 bits per heavy atom. The summed E-state index contributed by atoms with van der Waals surface area (Å²) in [5.41, 5.74) is 1.35. The van der Waals surface area contributed by atoms with Crippen molar-refractivity contribution < 1.29 is 18.7 Å². The molecule has 2 heterocycles. The molecule has 1 fully saturated rings. The number of nitrogens with one attached hydrogen (secondary N) is 2. The van der Waals surface area contributed by atoms with Gasteiger partial charge in [-0.3, -0.25) is 9.69 Å². The van der Waals surface area contributed by atoms with E-state index in [1.54, 1.807) is 25.3 Å². The maximum absolute atomic E-state index is 11.8. The Balaban J connectivity index is 0.00000320. The molecule has 1 saturated heterocycles. The van der Waals surface area contributed by atoms with Crippen LogP contribution >= 0.6 is 12.4 Å². The second-order valence-electron chi connectivity index (χ2n) is 6.86. The Labute approximate surface area is 182 Å². The van der Waals surface area contributed by atoms with Crippen molar-refractivity contribution in [2.45, 2.75) is 26.2 Å². The average Bonchev–Trinajstić information content (AvgIpc) is 3.21. The number of hydrogen-bond acceptors (Lipinski definition) is 8. The van der Waals surface area contributed by atoms with E-state index in [1.807, 2.05) is 6.92 Å². The number of halogens is 1. The number of benzene rings is 1. The molecule has 0 radical (unpaired) electrons. The summed E-state index contributed by atoms with van der Waals surface area (Å²) in [7, 11) is 1.57. The van der Waals surface area contributed by atoms with Crippen LogP contribution < -0.4 is 15.4 Å². The first-order chi connectivity index (χ1) is 14.2. The van der Waals surface area contributed by atoms with Crippen molar-refractivity contribution >= 4 is 30.0 Å². The predicted molar refractivity (Wildman–Crippen MR) is 117 cm³/mol. The van der Waals surface area contributed by atoms with Gasteiger partial charge in [0, 0.05) is 37.8 Å². The third-order valence-corrected chi connectivity index (χ3v) is 4.65. The van der Waals surface area contributed by atoms with E-state index in [9.17, 15) is 4.79 Å². The van der Waals surface area contributed by atoms with Gasteiger partial charge in [0.05, 0.1) is 25.9 Å². The lowest BCUT2D eigenvalue weighted by Gasteiger charge is -2.26. The molecule has 166 valence electrons. The van der Waals surface area contributed by atoms with Gasteiger partial charge >= 0.3 is 6.01 Å². The normalized spacial score (nSPS) is 14.1. The van der Waals surface area contributed by atoms with E-state index in [0.717, 1.165) is 52.2 Å². The lowest BCUT2D eigenvalue weighted by atomic mass is 10.1. The Hall–Kier alpha value is -2.36. The van der Waals surface area contributed by atoms with Crippen molar-refractivity contribution in [2.75, 3.05) is 57.1 Å². The minimum atomic E-state index is -0.0244. The Kier molecular flexibility index (Phi) is 9.85. The summed E-state index contributed by atoms with van der Waals surface area (Å²) < 4.78 is 16.5. The van der Waals surface area contributed by atoms with Gasteiger partial charge in [-0.2, -0.15) is 0 Å². The van der Waals surface area contributed by atoms with Gasteiger partial charge in [-0.1, -0.05) is 12.0 Å². The van der Waals surface area contributed by atoms with Crippen LogP contribution in [0.15, 0.2) is 22.6 Å². The number of carbonyl (C=O) groups excluding carboxylic acids is 1. The van der Waals surface area contributed by atoms with Crippen molar-refractivity contribution in [2.24, 2.45) is 0 Å². The van der Waals surface area contributed by atoms with Crippen molar-refractivity contribution in [1.82, 2.24) is 15.1 Å². The van der Waals surface area contributed by atoms with E-state index < -0.39 is 0 Å². The third kappa shape index (κ3) is 6.86. The molecule has 3 rings (SSSR count). The fourth-order valence-corrected chi connectivity index (χ4v) is 3.12. The highest BCUT2D eigenvalue weighted by atomic mass is 35.5. The molecule has 2 N–H and O–H groups in total. The maximum Gasteiger partial charge on any atom is 0.315 e. The zero-order chi connectivity index (χ0) is 20.5. The molecule has 0 bridgehead atoms. The first-order valence-corrected chi connectivity index (χ1v) is 10.1. The molecule has 1 aliphatic heterocycles. The standard InChI is InChI=1S/C20H29N5O4.ClH/c1-3-5-18(26)22-15-6-7-16(17(14-15)27-2)19-23-24-20(29-19)21-8-4-9-25-10-12-28-13-11-25;/h6-7,14H,3-5,8-13H2,1-2H3,(H,21,24)(H,22,26);1H. The minimum Gasteiger partial charge on any atom is -0.496 e. The smallest absolute Gasteiger partial charge is 0.315 e. The summed E-state index contributed by atoms with van der Waals surface area (Å²) in [5, 5.41) is 14.2. The predicted octanol–water partition coefficient (Wildman–Crippen LogP) is 3.04. The van der Waals surface area contributed by atoms with E-state index in [4.69, 9.17) is 13.9 Å². The van der Waals surface area contributed by atoms with E-state index >= 15 is 0 Å². The van der Waals surface area contributed by atoms with Gasteiger partial charge in [-0.05, 0) is 31.5 Å². The van der Waals surface area contributed by atoms with Gasteiger partial charge in [0.15, 0.2) is 0 Å². The molecule has 10 heteroatoms. The van der Waals surface area contributed by atoms with Crippen LogP contribution in [0.4, 0.5) is 11.7 Å². The van der Waals surface area contributed by atoms with Crippen LogP contribution in [-0.2, 0) is 9.53 Å². The highest BCUT2D eigenvalue weighted by Gasteiger charge is 2.15. The molecule has 0 saturated carbocycles. The molecule has 0 atom stereocenters. The topological polar surface area (TPSA) is 102 Å². The van der Waals surface area contributed by atoms with Gasteiger partial charge in [0.1, 0.15) is 5.75 Å². The second-order valence-corrected chi connectivity index (χ2v) is 6.86. The van der Waals surface area contributed by atoms with Gasteiger partial charge < -0.3 is 24.5 Å². The first kappa shape index (κ1) is 23.9. The summed E-state index contributed by atoms with van der Waals surface area (Å²) in [5.74, 6) is 0.898. The zero-order valence-corrected chi connectivity index (χ0v) is 18.3. The molecular formula is C20H30ClN5O4. The monoisotopic (exact) mass is 439 g/mol. The number of ether oxygens (including phenoxy) is 2. The summed E-state index contributed by atoms with van der Waals surface area (Å²) in [6, 6.07) is 5.73. The van der Waals surface area contributed by atoms with Crippen LogP contribution in [0.3, 0.4) is 0 Å². The molecular weight excluding hydrogens is 410 g/mol. The number of amides is 1. The van der Waals surface area contributed by atoms with Crippen LogP contribution in [0.25, 0.3) is 11.5 Å². The molecule has 2 aromatic rings. The van der Waals surface area contributed by atoms with Crippen molar-refractivity contribution in [3.8, 4) is 17.2 Å². The van der Waals surface area contributed by atoms with Crippen LogP contribution in [0.1, 0.15) is 26.2 Å². The minimum absolute atomic E-state index is 0.